The van der Waals surface area contributed by atoms with Gasteiger partial charge in [0.25, 0.3) is 5.91 Å². The van der Waals surface area contributed by atoms with Crippen molar-refractivity contribution in [2.75, 3.05) is 13.1 Å². The fourth-order valence-corrected chi connectivity index (χ4v) is 2.96. The molecule has 5 nitrogen and oxygen atoms in total. The maximum Gasteiger partial charge on any atom is 0.416 e. The van der Waals surface area contributed by atoms with Crippen molar-refractivity contribution in [1.29, 1.82) is 0 Å². The molecule has 0 saturated carbocycles. The van der Waals surface area contributed by atoms with Crippen LogP contribution in [0.15, 0.2) is 36.8 Å². The quantitative estimate of drug-likeness (QED) is 0.700. The molecule has 3 rings (SSSR count). The second-order valence-electron chi connectivity index (χ2n) is 6.45. The van der Waals surface area contributed by atoms with Crippen molar-refractivity contribution >= 4 is 5.91 Å². The number of likely N-dealkylation sites (tertiary alicyclic amines) is 1. The third-order valence-electron chi connectivity index (χ3n) is 4.41. The number of hydrogen-bond donors (Lipinski definition) is 0. The van der Waals surface area contributed by atoms with Gasteiger partial charge in [-0.05, 0) is 18.2 Å². The molecular formula is C18H15F6N3O2. The SMILES string of the molecule is O=C(c1cc(C(F)(F)F)cc(C(F)(F)F)c1)N1CCC(Oc2ccncn2)CC1. The van der Waals surface area contributed by atoms with E-state index in [9.17, 15) is 31.1 Å². The molecule has 1 aromatic carbocycles. The summed E-state index contributed by atoms with van der Waals surface area (Å²) in [4.78, 5) is 21.4. The highest BCUT2D eigenvalue weighted by Crippen LogP contribution is 2.36. The molecule has 2 heterocycles. The average Bonchev–Trinajstić information content (AvgIpc) is 2.67. The number of alkyl halides is 6. The van der Waals surface area contributed by atoms with Crippen LogP contribution >= 0.6 is 0 Å². The Kier molecular flexibility index (Phi) is 5.67. The summed E-state index contributed by atoms with van der Waals surface area (Å²) in [7, 11) is 0. The van der Waals surface area contributed by atoms with Crippen molar-refractivity contribution in [2.24, 2.45) is 0 Å². The first-order valence-electron chi connectivity index (χ1n) is 8.55. The highest BCUT2D eigenvalue weighted by atomic mass is 19.4. The van der Waals surface area contributed by atoms with Crippen LogP contribution in [-0.4, -0.2) is 40.0 Å². The average molecular weight is 419 g/mol. The number of carbonyl (C=O) groups excluding carboxylic acids is 1. The molecule has 2 aromatic rings. The third-order valence-corrected chi connectivity index (χ3v) is 4.41. The van der Waals surface area contributed by atoms with Gasteiger partial charge in [0.2, 0.25) is 5.88 Å². The van der Waals surface area contributed by atoms with E-state index in [0.29, 0.717) is 30.9 Å². The summed E-state index contributed by atoms with van der Waals surface area (Å²) in [6.07, 6.45) is -6.77. The number of halogens is 6. The molecular weight excluding hydrogens is 404 g/mol. The van der Waals surface area contributed by atoms with Crippen molar-refractivity contribution in [3.05, 3.63) is 53.5 Å². The Morgan fingerprint density at radius 1 is 1.00 bits per heavy atom. The highest BCUT2D eigenvalue weighted by molar-refractivity contribution is 5.94. The van der Waals surface area contributed by atoms with Crippen LogP contribution in [0.25, 0.3) is 0 Å². The lowest BCUT2D eigenvalue weighted by Crippen LogP contribution is -2.42. The van der Waals surface area contributed by atoms with Crippen LogP contribution in [0, 0.1) is 0 Å². The summed E-state index contributed by atoms with van der Waals surface area (Å²) in [5, 5.41) is 0. The fourth-order valence-electron chi connectivity index (χ4n) is 2.96. The lowest BCUT2D eigenvalue weighted by molar-refractivity contribution is -0.143. The molecule has 1 aromatic heterocycles. The van der Waals surface area contributed by atoms with Crippen LogP contribution in [0.3, 0.4) is 0 Å². The molecule has 0 unspecified atom stereocenters. The summed E-state index contributed by atoms with van der Waals surface area (Å²) in [5.41, 5.74) is -3.68. The maximum absolute atomic E-state index is 13.0. The molecule has 0 aliphatic carbocycles. The Morgan fingerprint density at radius 2 is 1.59 bits per heavy atom. The minimum Gasteiger partial charge on any atom is -0.474 e. The largest absolute Gasteiger partial charge is 0.474 e. The molecule has 0 atom stereocenters. The van der Waals surface area contributed by atoms with E-state index < -0.39 is 35.0 Å². The number of amides is 1. The van der Waals surface area contributed by atoms with Gasteiger partial charge in [0.1, 0.15) is 12.4 Å². The van der Waals surface area contributed by atoms with Crippen molar-refractivity contribution in [2.45, 2.75) is 31.3 Å². The molecule has 29 heavy (non-hydrogen) atoms. The van der Waals surface area contributed by atoms with Crippen LogP contribution in [-0.2, 0) is 12.4 Å². The Morgan fingerprint density at radius 3 is 2.07 bits per heavy atom. The normalized spacial score (nSPS) is 16.0. The van der Waals surface area contributed by atoms with Crippen LogP contribution < -0.4 is 4.74 Å². The van der Waals surface area contributed by atoms with E-state index in [1.807, 2.05) is 0 Å². The van der Waals surface area contributed by atoms with E-state index in [-0.39, 0.29) is 25.3 Å². The van der Waals surface area contributed by atoms with E-state index >= 15 is 0 Å². The van der Waals surface area contributed by atoms with Gasteiger partial charge in [0.15, 0.2) is 0 Å². The zero-order chi connectivity index (χ0) is 21.2. The summed E-state index contributed by atoms with van der Waals surface area (Å²) in [6, 6.07) is 2.44. The summed E-state index contributed by atoms with van der Waals surface area (Å²) >= 11 is 0. The van der Waals surface area contributed by atoms with Crippen molar-refractivity contribution < 1.29 is 35.9 Å². The molecule has 0 bridgehead atoms. The third kappa shape index (κ3) is 5.15. The summed E-state index contributed by atoms with van der Waals surface area (Å²) in [6.45, 7) is 0.262. The fraction of sp³-hybridized carbons (Fsp3) is 0.389. The number of ether oxygens (including phenoxy) is 1. The van der Waals surface area contributed by atoms with E-state index in [4.69, 9.17) is 4.74 Å². The predicted octanol–water partition coefficient (Wildman–Crippen LogP) is 4.20. The first-order chi connectivity index (χ1) is 13.5. The van der Waals surface area contributed by atoms with Gasteiger partial charge in [-0.3, -0.25) is 4.79 Å². The van der Waals surface area contributed by atoms with Gasteiger partial charge in [-0.25, -0.2) is 9.97 Å². The number of carbonyl (C=O) groups is 1. The van der Waals surface area contributed by atoms with E-state index in [1.54, 1.807) is 6.07 Å². The Bertz CT molecular complexity index is 830. The molecule has 0 N–H and O–H groups in total. The first-order valence-corrected chi connectivity index (χ1v) is 8.55. The number of benzene rings is 1. The molecule has 0 spiro atoms. The highest BCUT2D eigenvalue weighted by Gasteiger charge is 2.38. The maximum atomic E-state index is 13.0. The Balaban J connectivity index is 1.73. The first kappa shape index (κ1) is 20.9. The second-order valence-corrected chi connectivity index (χ2v) is 6.45. The van der Waals surface area contributed by atoms with Gasteiger partial charge in [-0.15, -0.1) is 0 Å². The van der Waals surface area contributed by atoms with Gasteiger partial charge in [0.05, 0.1) is 11.1 Å². The molecule has 156 valence electrons. The predicted molar refractivity (Wildman–Crippen MR) is 88.0 cm³/mol. The molecule has 1 amide bonds. The lowest BCUT2D eigenvalue weighted by Gasteiger charge is -2.32. The standard InChI is InChI=1S/C18H15F6N3O2/c19-17(20,21)12-7-11(8-13(9-12)18(22,23)24)16(28)27-5-2-14(3-6-27)29-15-1-4-25-10-26-15/h1,4,7-10,14H,2-3,5-6H2. The smallest absolute Gasteiger partial charge is 0.416 e. The molecule has 1 aliphatic heterocycles. The Hall–Kier alpha value is -2.85. The van der Waals surface area contributed by atoms with Gasteiger partial charge in [-0.1, -0.05) is 0 Å². The molecule has 1 fully saturated rings. The molecule has 1 saturated heterocycles. The summed E-state index contributed by atoms with van der Waals surface area (Å²) in [5.74, 6) is -0.542. The van der Waals surface area contributed by atoms with Gasteiger partial charge < -0.3 is 9.64 Å². The molecule has 11 heteroatoms. The zero-order valence-electron chi connectivity index (χ0n) is 14.8. The second kappa shape index (κ2) is 7.88. The van der Waals surface area contributed by atoms with Crippen LogP contribution in [0.4, 0.5) is 26.3 Å². The van der Waals surface area contributed by atoms with Gasteiger partial charge in [-0.2, -0.15) is 26.3 Å². The van der Waals surface area contributed by atoms with Crippen LogP contribution in [0.1, 0.15) is 34.3 Å². The number of hydrogen-bond acceptors (Lipinski definition) is 4. The molecule has 1 aliphatic rings. The van der Waals surface area contributed by atoms with Gasteiger partial charge >= 0.3 is 12.4 Å². The van der Waals surface area contributed by atoms with Gasteiger partial charge in [0, 0.05) is 43.8 Å². The van der Waals surface area contributed by atoms with Crippen molar-refractivity contribution in [3.63, 3.8) is 0 Å². The zero-order valence-corrected chi connectivity index (χ0v) is 14.8. The molecule has 0 radical (unpaired) electrons. The minimum atomic E-state index is -5.01. The van der Waals surface area contributed by atoms with E-state index in [2.05, 4.69) is 9.97 Å². The van der Waals surface area contributed by atoms with Crippen LogP contribution in [0.5, 0.6) is 5.88 Å². The summed E-state index contributed by atoms with van der Waals surface area (Å²) < 4.78 is 83.5. The number of piperidine rings is 1. The minimum absolute atomic E-state index is 0.00142. The Labute approximate surface area is 161 Å². The monoisotopic (exact) mass is 419 g/mol. The topological polar surface area (TPSA) is 55.3 Å². The number of aromatic nitrogens is 2. The van der Waals surface area contributed by atoms with Crippen molar-refractivity contribution in [1.82, 2.24) is 14.9 Å². The number of nitrogens with zero attached hydrogens (tertiary/aromatic N) is 3. The van der Waals surface area contributed by atoms with Crippen molar-refractivity contribution in [3.8, 4) is 5.88 Å². The van der Waals surface area contributed by atoms with E-state index in [0.717, 1.165) is 0 Å². The van der Waals surface area contributed by atoms with E-state index in [1.165, 1.54) is 17.4 Å². The number of rotatable bonds is 3. The lowest BCUT2D eigenvalue weighted by atomic mass is 10.0. The van der Waals surface area contributed by atoms with Crippen LogP contribution in [0.2, 0.25) is 0 Å².